The fourth-order valence-electron chi connectivity index (χ4n) is 6.32. The molecule has 0 saturated heterocycles. The number of rotatable bonds is 21. The average molecular weight is 599 g/mol. The van der Waals surface area contributed by atoms with E-state index in [4.69, 9.17) is 9.47 Å². The van der Waals surface area contributed by atoms with Gasteiger partial charge in [0, 0.05) is 0 Å². The molecule has 2 aromatic rings. The van der Waals surface area contributed by atoms with Gasteiger partial charge in [-0.25, -0.2) is 9.18 Å². The van der Waals surface area contributed by atoms with Crippen molar-refractivity contribution in [3.05, 3.63) is 59.2 Å². The van der Waals surface area contributed by atoms with E-state index in [1.54, 1.807) is 30.3 Å². The highest BCUT2D eigenvalue weighted by Gasteiger charge is 2.23. The van der Waals surface area contributed by atoms with Gasteiger partial charge in [-0.2, -0.15) is 4.39 Å². The van der Waals surface area contributed by atoms with Gasteiger partial charge >= 0.3 is 5.97 Å². The molecule has 1 saturated carbocycles. The summed E-state index contributed by atoms with van der Waals surface area (Å²) in [5.74, 6) is -1.01. The number of carbonyl (C=O) groups excluding carboxylic acids is 1. The molecule has 0 N–H and O–H groups in total. The minimum absolute atomic E-state index is 0.264. The van der Waals surface area contributed by atoms with Crippen LogP contribution in [0.4, 0.5) is 8.78 Å². The Morgan fingerprint density at radius 3 is 1.86 bits per heavy atom. The molecule has 0 unspecified atom stereocenters. The number of halogens is 2. The summed E-state index contributed by atoms with van der Waals surface area (Å²) in [4.78, 5) is 12.6. The van der Waals surface area contributed by atoms with Crippen LogP contribution in [0.5, 0.6) is 11.5 Å². The maximum absolute atomic E-state index is 14.9. The first-order chi connectivity index (χ1) is 21.0. The fraction of sp³-hybridized carbons (Fsp3) is 0.658. The Balaban J connectivity index is 1.34. The van der Waals surface area contributed by atoms with Crippen molar-refractivity contribution in [2.75, 3.05) is 6.61 Å². The van der Waals surface area contributed by atoms with Crippen LogP contribution in [-0.2, 0) is 6.42 Å². The highest BCUT2D eigenvalue weighted by molar-refractivity contribution is 5.91. The maximum Gasteiger partial charge on any atom is 0.343 e. The third kappa shape index (κ3) is 13.0. The number of esters is 1. The quantitative estimate of drug-likeness (QED) is 0.0814. The van der Waals surface area contributed by atoms with E-state index in [0.717, 1.165) is 25.2 Å². The molecule has 43 heavy (non-hydrogen) atoms. The van der Waals surface area contributed by atoms with Crippen LogP contribution in [0.25, 0.3) is 0 Å². The van der Waals surface area contributed by atoms with Crippen LogP contribution in [0.1, 0.15) is 152 Å². The monoisotopic (exact) mass is 598 g/mol. The summed E-state index contributed by atoms with van der Waals surface area (Å²) in [6.07, 6.45) is 24.2. The summed E-state index contributed by atoms with van der Waals surface area (Å²) in [5, 5.41) is 0. The van der Waals surface area contributed by atoms with Crippen molar-refractivity contribution in [1.29, 1.82) is 0 Å². The van der Waals surface area contributed by atoms with Crippen molar-refractivity contribution in [3.63, 3.8) is 0 Å². The maximum atomic E-state index is 14.9. The number of hydrogen-bond acceptors (Lipinski definition) is 3. The minimum Gasteiger partial charge on any atom is -0.494 e. The molecule has 0 heterocycles. The molecule has 0 amide bonds. The fourth-order valence-corrected chi connectivity index (χ4v) is 6.32. The number of aryl methyl sites for hydroxylation is 1. The highest BCUT2D eigenvalue weighted by atomic mass is 19.2. The molecule has 3 nitrogen and oxygen atoms in total. The standard InChI is InChI=1S/C38H56F2O3/c1-3-5-7-8-9-10-11-12-13-15-29-42-34-26-23-33(24-27-34)38(41)43-35-28-25-32(36(39)37(35)40)22-21-31-19-17-30(18-20-31)16-14-6-4-2/h23-28,30-31H,3-22,29H2,1-2H3/t30-,31-. The van der Waals surface area contributed by atoms with Gasteiger partial charge in [-0.3, -0.25) is 0 Å². The summed E-state index contributed by atoms with van der Waals surface area (Å²) in [5.41, 5.74) is 0.617. The second kappa shape index (κ2) is 20.5. The predicted molar refractivity (Wildman–Crippen MR) is 173 cm³/mol. The highest BCUT2D eigenvalue weighted by Crippen LogP contribution is 2.35. The van der Waals surface area contributed by atoms with Crippen molar-refractivity contribution >= 4 is 5.97 Å². The summed E-state index contributed by atoms with van der Waals surface area (Å²) in [6.45, 7) is 5.12. The molecule has 240 valence electrons. The summed E-state index contributed by atoms with van der Waals surface area (Å²) < 4.78 is 40.7. The third-order valence-corrected chi connectivity index (χ3v) is 9.19. The number of ether oxygens (including phenoxy) is 2. The molecule has 1 fully saturated rings. The molecule has 5 heteroatoms. The van der Waals surface area contributed by atoms with Crippen molar-refractivity contribution in [2.45, 2.75) is 142 Å². The van der Waals surface area contributed by atoms with Crippen LogP contribution in [0.3, 0.4) is 0 Å². The lowest BCUT2D eigenvalue weighted by atomic mass is 9.78. The smallest absolute Gasteiger partial charge is 0.343 e. The van der Waals surface area contributed by atoms with Crippen LogP contribution in [0.2, 0.25) is 0 Å². The van der Waals surface area contributed by atoms with Crippen molar-refractivity contribution in [3.8, 4) is 11.5 Å². The van der Waals surface area contributed by atoms with E-state index in [0.29, 0.717) is 30.3 Å². The lowest BCUT2D eigenvalue weighted by Crippen LogP contribution is -2.15. The van der Waals surface area contributed by atoms with E-state index in [9.17, 15) is 13.6 Å². The van der Waals surface area contributed by atoms with Crippen molar-refractivity contribution in [1.82, 2.24) is 0 Å². The Labute approximate surface area is 260 Å². The Kier molecular flexibility index (Phi) is 16.7. The predicted octanol–water partition coefficient (Wildman–Crippen LogP) is 11.8. The number of unbranched alkanes of at least 4 members (excludes halogenated alkanes) is 11. The van der Waals surface area contributed by atoms with E-state index in [1.807, 2.05) is 0 Å². The molecule has 0 aliphatic heterocycles. The normalized spacial score (nSPS) is 16.7. The minimum atomic E-state index is -1.10. The summed E-state index contributed by atoms with van der Waals surface area (Å²) in [7, 11) is 0. The van der Waals surface area contributed by atoms with E-state index in [2.05, 4.69) is 13.8 Å². The summed E-state index contributed by atoms with van der Waals surface area (Å²) in [6, 6.07) is 9.55. The molecule has 0 aromatic heterocycles. The Bertz CT molecular complexity index is 1040. The molecular formula is C38H56F2O3. The van der Waals surface area contributed by atoms with Gasteiger partial charge in [0.25, 0.3) is 0 Å². The number of benzene rings is 2. The second-order valence-corrected chi connectivity index (χ2v) is 12.7. The van der Waals surface area contributed by atoms with Gasteiger partial charge < -0.3 is 9.47 Å². The van der Waals surface area contributed by atoms with Crippen LogP contribution in [-0.4, -0.2) is 12.6 Å². The van der Waals surface area contributed by atoms with Gasteiger partial charge in [-0.1, -0.05) is 129 Å². The van der Waals surface area contributed by atoms with Crippen LogP contribution >= 0.6 is 0 Å². The first kappa shape index (κ1) is 35.1. The lowest BCUT2D eigenvalue weighted by molar-refractivity contribution is 0.0726. The first-order valence-corrected chi connectivity index (χ1v) is 17.4. The van der Waals surface area contributed by atoms with Crippen molar-refractivity contribution < 1.29 is 23.0 Å². The topological polar surface area (TPSA) is 35.5 Å². The Morgan fingerprint density at radius 1 is 0.674 bits per heavy atom. The van der Waals surface area contributed by atoms with E-state index >= 15 is 0 Å². The molecule has 3 rings (SSSR count). The van der Waals surface area contributed by atoms with Crippen LogP contribution in [0, 0.1) is 23.5 Å². The molecule has 0 spiro atoms. The van der Waals surface area contributed by atoms with Gasteiger partial charge in [-0.15, -0.1) is 0 Å². The van der Waals surface area contributed by atoms with Crippen LogP contribution in [0.15, 0.2) is 36.4 Å². The molecule has 0 atom stereocenters. The average Bonchev–Trinajstić information content (AvgIpc) is 3.03. The SMILES string of the molecule is CCCCCCCCCCCCOc1ccc(C(=O)Oc2ccc(CC[C@H]3CC[C@H](CCCCC)CC3)c(F)c2F)cc1. The molecule has 2 aromatic carbocycles. The zero-order valence-electron chi connectivity index (χ0n) is 26.9. The van der Waals surface area contributed by atoms with E-state index in [1.165, 1.54) is 109 Å². The van der Waals surface area contributed by atoms with E-state index < -0.39 is 17.6 Å². The number of hydrogen-bond donors (Lipinski definition) is 0. The molecule has 0 bridgehead atoms. The zero-order valence-corrected chi connectivity index (χ0v) is 26.9. The lowest BCUT2D eigenvalue weighted by Gasteiger charge is -2.28. The molecule has 1 aliphatic carbocycles. The summed E-state index contributed by atoms with van der Waals surface area (Å²) >= 11 is 0. The van der Waals surface area contributed by atoms with Gasteiger partial charge in [-0.05, 0) is 67.0 Å². The Morgan fingerprint density at radius 2 is 1.23 bits per heavy atom. The third-order valence-electron chi connectivity index (χ3n) is 9.19. The van der Waals surface area contributed by atoms with Gasteiger partial charge in [0.15, 0.2) is 11.6 Å². The van der Waals surface area contributed by atoms with Gasteiger partial charge in [0.05, 0.1) is 12.2 Å². The first-order valence-electron chi connectivity index (χ1n) is 17.4. The van der Waals surface area contributed by atoms with Crippen LogP contribution < -0.4 is 9.47 Å². The van der Waals surface area contributed by atoms with Gasteiger partial charge in [0.1, 0.15) is 5.75 Å². The second-order valence-electron chi connectivity index (χ2n) is 12.7. The zero-order chi connectivity index (χ0) is 30.7. The van der Waals surface area contributed by atoms with Crippen molar-refractivity contribution in [2.24, 2.45) is 11.8 Å². The molecular weight excluding hydrogens is 542 g/mol. The van der Waals surface area contributed by atoms with Gasteiger partial charge in [0.2, 0.25) is 5.82 Å². The number of carbonyl (C=O) groups is 1. The molecule has 1 aliphatic rings. The Hall–Kier alpha value is -2.43. The van der Waals surface area contributed by atoms with E-state index in [-0.39, 0.29) is 11.3 Å². The molecule has 0 radical (unpaired) electrons. The largest absolute Gasteiger partial charge is 0.494 e.